The van der Waals surface area contributed by atoms with E-state index < -0.39 is 0 Å². The van der Waals surface area contributed by atoms with Gasteiger partial charge in [-0.2, -0.15) is 5.10 Å². The van der Waals surface area contributed by atoms with Crippen LogP contribution in [0, 0.1) is 6.92 Å². The van der Waals surface area contributed by atoms with Gasteiger partial charge in [0, 0.05) is 23.6 Å². The maximum atomic E-state index is 5.86. The molecule has 1 heterocycles. The monoisotopic (exact) mass is 309 g/mol. The molecule has 0 unspecified atom stereocenters. The number of hydrogen-bond donors (Lipinski definition) is 1. The molecule has 0 saturated heterocycles. The Morgan fingerprint density at radius 3 is 2.61 bits per heavy atom. The van der Waals surface area contributed by atoms with Gasteiger partial charge in [-0.05, 0) is 31.5 Å². The molecule has 0 aliphatic carbocycles. The smallest absolute Gasteiger partial charge is 0.217 e. The highest BCUT2D eigenvalue weighted by Gasteiger charge is 2.08. The molecule has 1 aromatic heterocycles. The summed E-state index contributed by atoms with van der Waals surface area (Å²) in [5, 5.41) is 4.24. The van der Waals surface area contributed by atoms with Gasteiger partial charge in [0.05, 0.1) is 5.69 Å². The van der Waals surface area contributed by atoms with E-state index in [1.54, 1.807) is 4.68 Å². The van der Waals surface area contributed by atoms with Crippen molar-refractivity contribution in [3.63, 3.8) is 0 Å². The molecule has 2 aromatic rings. The van der Waals surface area contributed by atoms with Gasteiger partial charge in [-0.1, -0.05) is 22.0 Å². The van der Waals surface area contributed by atoms with E-state index in [2.05, 4.69) is 21.0 Å². The van der Waals surface area contributed by atoms with Crippen molar-refractivity contribution in [3.8, 4) is 11.6 Å². The second-order valence-corrected chi connectivity index (χ2v) is 5.18. The first-order valence-corrected chi connectivity index (χ1v) is 6.50. The minimum absolute atomic E-state index is 0.00706. The molecule has 0 saturated carbocycles. The first-order valence-electron chi connectivity index (χ1n) is 5.71. The zero-order valence-corrected chi connectivity index (χ0v) is 12.2. The van der Waals surface area contributed by atoms with Crippen molar-refractivity contribution in [2.75, 3.05) is 0 Å². The van der Waals surface area contributed by atoms with Crippen LogP contribution in [0.4, 0.5) is 0 Å². The van der Waals surface area contributed by atoms with Crippen molar-refractivity contribution in [2.24, 2.45) is 12.8 Å². The predicted octanol–water partition coefficient (Wildman–Crippen LogP) is 3.30. The van der Waals surface area contributed by atoms with Crippen LogP contribution >= 0.6 is 15.9 Å². The highest BCUT2D eigenvalue weighted by Crippen LogP contribution is 2.29. The van der Waals surface area contributed by atoms with Crippen LogP contribution in [-0.2, 0) is 7.05 Å². The van der Waals surface area contributed by atoms with E-state index in [9.17, 15) is 0 Å². The first kappa shape index (κ1) is 13.1. The molecule has 0 aliphatic rings. The van der Waals surface area contributed by atoms with Crippen LogP contribution in [0.2, 0.25) is 0 Å². The fourth-order valence-corrected chi connectivity index (χ4v) is 2.46. The maximum Gasteiger partial charge on any atom is 0.217 e. The lowest BCUT2D eigenvalue weighted by Gasteiger charge is -2.11. The zero-order valence-electron chi connectivity index (χ0n) is 10.6. The van der Waals surface area contributed by atoms with Crippen molar-refractivity contribution >= 4 is 15.9 Å². The van der Waals surface area contributed by atoms with Gasteiger partial charge in [-0.3, -0.25) is 0 Å². The van der Waals surface area contributed by atoms with E-state index in [4.69, 9.17) is 10.5 Å². The van der Waals surface area contributed by atoms with Gasteiger partial charge in [-0.25, -0.2) is 4.68 Å². The Kier molecular flexibility index (Phi) is 3.73. The summed E-state index contributed by atoms with van der Waals surface area (Å²) in [4.78, 5) is 0. The molecular formula is C13H16BrN3O. The number of hydrogen-bond acceptors (Lipinski definition) is 3. The Labute approximate surface area is 115 Å². The average molecular weight is 310 g/mol. The summed E-state index contributed by atoms with van der Waals surface area (Å²) in [6.07, 6.45) is 0. The number of aryl methyl sites for hydroxylation is 2. The van der Waals surface area contributed by atoms with Crippen LogP contribution in [0.3, 0.4) is 0 Å². The molecule has 0 bridgehead atoms. The molecule has 4 nitrogen and oxygen atoms in total. The summed E-state index contributed by atoms with van der Waals surface area (Å²) in [6.45, 7) is 3.88. The molecule has 1 aromatic carbocycles. The molecule has 0 spiro atoms. The highest BCUT2D eigenvalue weighted by molar-refractivity contribution is 9.10. The van der Waals surface area contributed by atoms with Crippen LogP contribution in [0.25, 0.3) is 0 Å². The SMILES string of the molecule is Cc1cc(Oc2ccc([C@@H](C)N)c(Br)c2)n(C)n1. The van der Waals surface area contributed by atoms with Gasteiger partial charge in [0.1, 0.15) is 5.75 Å². The minimum atomic E-state index is -0.00706. The van der Waals surface area contributed by atoms with E-state index >= 15 is 0 Å². The van der Waals surface area contributed by atoms with E-state index in [1.807, 2.05) is 45.2 Å². The van der Waals surface area contributed by atoms with Gasteiger partial charge in [0.25, 0.3) is 0 Å². The number of halogens is 1. The summed E-state index contributed by atoms with van der Waals surface area (Å²) in [5.74, 6) is 1.47. The maximum absolute atomic E-state index is 5.86. The first-order chi connectivity index (χ1) is 8.47. The second kappa shape index (κ2) is 5.12. The topological polar surface area (TPSA) is 53.1 Å². The standard InChI is InChI=1S/C13H16BrN3O/c1-8-6-13(17(3)16-8)18-10-4-5-11(9(2)15)12(14)7-10/h4-7,9H,15H2,1-3H3/t9-/m1/s1. The van der Waals surface area contributed by atoms with E-state index in [0.29, 0.717) is 5.88 Å². The molecule has 5 heteroatoms. The van der Waals surface area contributed by atoms with Crippen LogP contribution in [-0.4, -0.2) is 9.78 Å². The number of aromatic nitrogens is 2. The average Bonchev–Trinajstić information content (AvgIpc) is 2.57. The van der Waals surface area contributed by atoms with Gasteiger partial charge >= 0.3 is 0 Å². The Bertz CT molecular complexity index is 563. The number of nitrogens with two attached hydrogens (primary N) is 1. The Hall–Kier alpha value is -1.33. The van der Waals surface area contributed by atoms with Crippen LogP contribution in [0.1, 0.15) is 24.2 Å². The summed E-state index contributed by atoms with van der Waals surface area (Å²) >= 11 is 3.50. The molecule has 0 amide bonds. The molecular weight excluding hydrogens is 294 g/mol. The van der Waals surface area contributed by atoms with E-state index in [1.165, 1.54) is 0 Å². The third-order valence-corrected chi connectivity index (χ3v) is 3.33. The normalized spacial score (nSPS) is 12.5. The van der Waals surface area contributed by atoms with Crippen molar-refractivity contribution < 1.29 is 4.74 Å². The lowest BCUT2D eigenvalue weighted by atomic mass is 10.1. The van der Waals surface area contributed by atoms with Gasteiger partial charge in [0.15, 0.2) is 0 Å². The van der Waals surface area contributed by atoms with E-state index in [-0.39, 0.29) is 6.04 Å². The second-order valence-electron chi connectivity index (χ2n) is 4.32. The lowest BCUT2D eigenvalue weighted by Crippen LogP contribution is -2.05. The molecule has 96 valence electrons. The number of rotatable bonds is 3. The van der Waals surface area contributed by atoms with E-state index in [0.717, 1.165) is 21.5 Å². The molecule has 0 fully saturated rings. The molecule has 0 aliphatic heterocycles. The summed E-state index contributed by atoms with van der Waals surface area (Å²) in [7, 11) is 1.85. The third kappa shape index (κ3) is 2.73. The van der Waals surface area contributed by atoms with Crippen molar-refractivity contribution in [1.29, 1.82) is 0 Å². The fourth-order valence-electron chi connectivity index (χ4n) is 1.74. The summed E-state index contributed by atoms with van der Waals surface area (Å²) in [5.41, 5.74) is 7.85. The van der Waals surface area contributed by atoms with Crippen molar-refractivity contribution in [1.82, 2.24) is 9.78 Å². The quantitative estimate of drug-likeness (QED) is 0.946. The Morgan fingerprint density at radius 1 is 1.39 bits per heavy atom. The molecule has 18 heavy (non-hydrogen) atoms. The highest BCUT2D eigenvalue weighted by atomic mass is 79.9. The number of nitrogens with zero attached hydrogens (tertiary/aromatic N) is 2. The summed E-state index contributed by atoms with van der Waals surface area (Å²) < 4.78 is 8.44. The lowest BCUT2D eigenvalue weighted by molar-refractivity contribution is 0.430. The molecule has 1 atom stereocenters. The van der Waals surface area contributed by atoms with Gasteiger partial charge in [-0.15, -0.1) is 0 Å². The number of ether oxygens (including phenoxy) is 1. The number of benzene rings is 1. The fraction of sp³-hybridized carbons (Fsp3) is 0.308. The van der Waals surface area contributed by atoms with Crippen LogP contribution < -0.4 is 10.5 Å². The largest absolute Gasteiger partial charge is 0.439 e. The van der Waals surface area contributed by atoms with Crippen molar-refractivity contribution in [3.05, 3.63) is 40.0 Å². The van der Waals surface area contributed by atoms with Crippen LogP contribution in [0.15, 0.2) is 28.7 Å². The Balaban J connectivity index is 2.25. The summed E-state index contributed by atoms with van der Waals surface area (Å²) in [6, 6.07) is 7.68. The Morgan fingerprint density at radius 2 is 2.11 bits per heavy atom. The third-order valence-electron chi connectivity index (χ3n) is 2.64. The molecule has 2 N–H and O–H groups in total. The van der Waals surface area contributed by atoms with Gasteiger partial charge in [0.2, 0.25) is 5.88 Å². The molecule has 0 radical (unpaired) electrons. The minimum Gasteiger partial charge on any atom is -0.439 e. The van der Waals surface area contributed by atoms with Crippen molar-refractivity contribution in [2.45, 2.75) is 19.9 Å². The molecule has 2 rings (SSSR count). The predicted molar refractivity (Wildman–Crippen MR) is 74.8 cm³/mol. The zero-order chi connectivity index (χ0) is 13.3. The van der Waals surface area contributed by atoms with Gasteiger partial charge < -0.3 is 10.5 Å². The van der Waals surface area contributed by atoms with Crippen LogP contribution in [0.5, 0.6) is 11.6 Å².